The van der Waals surface area contributed by atoms with Crippen LogP contribution >= 0.6 is 0 Å². The van der Waals surface area contributed by atoms with E-state index in [0.29, 0.717) is 13.1 Å². The van der Waals surface area contributed by atoms with Gasteiger partial charge in [0, 0.05) is 25.0 Å². The predicted molar refractivity (Wildman–Crippen MR) is 98.1 cm³/mol. The molecule has 2 rings (SSSR count). The molecule has 2 amide bonds. The van der Waals surface area contributed by atoms with Crippen molar-refractivity contribution in [1.29, 1.82) is 0 Å². The minimum atomic E-state index is -0.613. The van der Waals surface area contributed by atoms with Gasteiger partial charge in [0.15, 0.2) is 0 Å². The molecule has 144 valence electrons. The van der Waals surface area contributed by atoms with Crippen molar-refractivity contribution in [3.63, 3.8) is 0 Å². The Kier molecular flexibility index (Phi) is 5.94. The monoisotopic (exact) mass is 364 g/mol. The molecule has 1 aromatic rings. The summed E-state index contributed by atoms with van der Waals surface area (Å²) in [5.74, 6) is -0.412. The van der Waals surface area contributed by atoms with Crippen LogP contribution in [0.4, 0.5) is 9.18 Å². The van der Waals surface area contributed by atoms with Gasteiger partial charge in [-0.25, -0.2) is 9.18 Å². The number of nitrogens with zero attached hydrogens (tertiary/aromatic N) is 2. The van der Waals surface area contributed by atoms with Crippen LogP contribution in [0.15, 0.2) is 24.3 Å². The summed E-state index contributed by atoms with van der Waals surface area (Å²) < 4.78 is 18.9. The van der Waals surface area contributed by atoms with Crippen LogP contribution in [0.25, 0.3) is 0 Å². The molecule has 1 aromatic carbocycles. The molecule has 0 aromatic heterocycles. The van der Waals surface area contributed by atoms with Crippen LogP contribution in [0.1, 0.15) is 53.1 Å². The van der Waals surface area contributed by atoms with Gasteiger partial charge in [0.1, 0.15) is 11.4 Å². The third-order valence-corrected chi connectivity index (χ3v) is 4.40. The highest BCUT2D eigenvalue weighted by atomic mass is 19.1. The van der Waals surface area contributed by atoms with Crippen molar-refractivity contribution >= 4 is 12.0 Å². The molecule has 0 N–H and O–H groups in total. The zero-order valence-electron chi connectivity index (χ0n) is 16.5. The standard InChI is InChI=1S/C20H29FN2O3/c1-13(2)18(24)22-12-17(15-7-9-16(21)10-8-15)23(11-14(22)3)19(25)26-20(4,5)6/h7-10,13-14,17H,11-12H2,1-6H3/t14-,17-/m0/s1. The molecule has 1 aliphatic rings. The Labute approximate surface area is 155 Å². The molecule has 0 spiro atoms. The fraction of sp³-hybridized carbons (Fsp3) is 0.600. The quantitative estimate of drug-likeness (QED) is 0.797. The zero-order valence-corrected chi connectivity index (χ0v) is 16.5. The molecule has 0 unspecified atom stereocenters. The van der Waals surface area contributed by atoms with Crippen molar-refractivity contribution < 1.29 is 18.7 Å². The van der Waals surface area contributed by atoms with Gasteiger partial charge < -0.3 is 9.64 Å². The third-order valence-electron chi connectivity index (χ3n) is 4.40. The van der Waals surface area contributed by atoms with Crippen molar-refractivity contribution in [1.82, 2.24) is 9.80 Å². The van der Waals surface area contributed by atoms with Crippen molar-refractivity contribution in [3.05, 3.63) is 35.6 Å². The van der Waals surface area contributed by atoms with Crippen molar-refractivity contribution in [3.8, 4) is 0 Å². The number of amides is 2. The first-order valence-corrected chi connectivity index (χ1v) is 9.05. The van der Waals surface area contributed by atoms with Gasteiger partial charge in [0.25, 0.3) is 0 Å². The summed E-state index contributed by atoms with van der Waals surface area (Å²) in [6, 6.07) is 5.57. The lowest BCUT2D eigenvalue weighted by molar-refractivity contribution is -0.140. The van der Waals surface area contributed by atoms with Crippen molar-refractivity contribution in [2.45, 2.75) is 59.2 Å². The maximum absolute atomic E-state index is 13.3. The Bertz CT molecular complexity index is 652. The van der Waals surface area contributed by atoms with E-state index in [1.165, 1.54) is 12.1 Å². The van der Waals surface area contributed by atoms with Crippen LogP contribution in [0.2, 0.25) is 0 Å². The molecule has 26 heavy (non-hydrogen) atoms. The second-order valence-corrected chi connectivity index (χ2v) is 8.19. The van der Waals surface area contributed by atoms with Crippen molar-refractivity contribution in [2.75, 3.05) is 13.1 Å². The van der Waals surface area contributed by atoms with Crippen LogP contribution in [0.5, 0.6) is 0 Å². The average molecular weight is 364 g/mol. The molecule has 0 radical (unpaired) electrons. The fourth-order valence-corrected chi connectivity index (χ4v) is 3.11. The number of piperazine rings is 1. The molecule has 1 aliphatic heterocycles. The summed E-state index contributed by atoms with van der Waals surface area (Å²) >= 11 is 0. The van der Waals surface area contributed by atoms with Crippen LogP contribution in [-0.4, -0.2) is 46.5 Å². The normalized spacial score (nSPS) is 21.1. The van der Waals surface area contributed by atoms with E-state index < -0.39 is 11.7 Å². The smallest absolute Gasteiger partial charge is 0.410 e. The zero-order chi connectivity index (χ0) is 19.6. The largest absolute Gasteiger partial charge is 0.444 e. The number of benzene rings is 1. The highest BCUT2D eigenvalue weighted by Gasteiger charge is 2.39. The van der Waals surface area contributed by atoms with E-state index in [1.54, 1.807) is 21.9 Å². The topological polar surface area (TPSA) is 49.9 Å². The average Bonchev–Trinajstić information content (AvgIpc) is 2.53. The summed E-state index contributed by atoms with van der Waals surface area (Å²) in [5, 5.41) is 0. The molecule has 0 bridgehead atoms. The third kappa shape index (κ3) is 4.74. The minimum absolute atomic E-state index is 0.0495. The van der Waals surface area contributed by atoms with Gasteiger partial charge >= 0.3 is 6.09 Å². The summed E-state index contributed by atoms with van der Waals surface area (Å²) in [6.07, 6.45) is -0.421. The summed E-state index contributed by atoms with van der Waals surface area (Å²) in [6.45, 7) is 11.8. The van der Waals surface area contributed by atoms with Gasteiger partial charge in [0.05, 0.1) is 6.04 Å². The Morgan fingerprint density at radius 1 is 1.12 bits per heavy atom. The lowest BCUT2D eigenvalue weighted by Crippen LogP contribution is -2.58. The van der Waals surface area contributed by atoms with Gasteiger partial charge in [-0.3, -0.25) is 9.69 Å². The maximum atomic E-state index is 13.3. The number of halogens is 1. The predicted octanol–water partition coefficient (Wildman–Crippen LogP) is 3.99. The van der Waals surface area contributed by atoms with E-state index in [-0.39, 0.29) is 29.7 Å². The molecule has 0 aliphatic carbocycles. The first-order valence-electron chi connectivity index (χ1n) is 9.05. The number of carbonyl (C=O) groups excluding carboxylic acids is 2. The lowest BCUT2D eigenvalue weighted by atomic mass is 9.98. The van der Waals surface area contributed by atoms with E-state index in [9.17, 15) is 14.0 Å². The molecule has 1 saturated heterocycles. The molecule has 1 fully saturated rings. The maximum Gasteiger partial charge on any atom is 0.410 e. The second-order valence-electron chi connectivity index (χ2n) is 8.19. The molecule has 5 nitrogen and oxygen atoms in total. The first-order chi connectivity index (χ1) is 12.0. The summed E-state index contributed by atoms with van der Waals surface area (Å²) in [4.78, 5) is 28.8. The molecular formula is C20H29FN2O3. The number of rotatable bonds is 2. The Morgan fingerprint density at radius 3 is 2.19 bits per heavy atom. The number of hydrogen-bond donors (Lipinski definition) is 0. The van der Waals surface area contributed by atoms with E-state index in [2.05, 4.69) is 0 Å². The van der Waals surface area contributed by atoms with Crippen molar-refractivity contribution in [2.24, 2.45) is 5.92 Å². The van der Waals surface area contributed by atoms with Crippen LogP contribution in [-0.2, 0) is 9.53 Å². The summed E-state index contributed by atoms with van der Waals surface area (Å²) in [5.41, 5.74) is 0.171. The molecule has 0 saturated carbocycles. The van der Waals surface area contributed by atoms with Gasteiger partial charge in [0.2, 0.25) is 5.91 Å². The van der Waals surface area contributed by atoms with Gasteiger partial charge in [-0.15, -0.1) is 0 Å². The van der Waals surface area contributed by atoms with Gasteiger partial charge in [-0.05, 0) is 45.4 Å². The number of hydrogen-bond acceptors (Lipinski definition) is 3. The minimum Gasteiger partial charge on any atom is -0.444 e. The fourth-order valence-electron chi connectivity index (χ4n) is 3.11. The highest BCUT2D eigenvalue weighted by molar-refractivity contribution is 5.79. The van der Waals surface area contributed by atoms with Crippen LogP contribution in [0, 0.1) is 11.7 Å². The van der Waals surface area contributed by atoms with Crippen LogP contribution < -0.4 is 0 Å². The molecule has 6 heteroatoms. The van der Waals surface area contributed by atoms with E-state index in [1.807, 2.05) is 41.5 Å². The van der Waals surface area contributed by atoms with Gasteiger partial charge in [-0.2, -0.15) is 0 Å². The first kappa shape index (κ1) is 20.2. The molecular weight excluding hydrogens is 335 g/mol. The van der Waals surface area contributed by atoms with E-state index in [0.717, 1.165) is 5.56 Å². The molecule has 1 heterocycles. The SMILES string of the molecule is CC(C)C(=O)N1C[C@@H](c2ccc(F)cc2)N(C(=O)OC(C)(C)C)C[C@@H]1C. The molecule has 2 atom stereocenters. The lowest BCUT2D eigenvalue weighted by Gasteiger charge is -2.46. The Morgan fingerprint density at radius 2 is 1.69 bits per heavy atom. The van der Waals surface area contributed by atoms with E-state index in [4.69, 9.17) is 4.74 Å². The summed E-state index contributed by atoms with van der Waals surface area (Å²) in [7, 11) is 0. The number of ether oxygens (including phenoxy) is 1. The number of carbonyl (C=O) groups is 2. The van der Waals surface area contributed by atoms with Crippen LogP contribution in [0.3, 0.4) is 0 Å². The Hall–Kier alpha value is -2.11. The second kappa shape index (κ2) is 7.64. The van der Waals surface area contributed by atoms with Gasteiger partial charge in [-0.1, -0.05) is 26.0 Å². The van der Waals surface area contributed by atoms with E-state index >= 15 is 0 Å². The Balaban J connectivity index is 2.34. The highest BCUT2D eigenvalue weighted by Crippen LogP contribution is 2.30.